The van der Waals surface area contributed by atoms with Gasteiger partial charge in [-0.15, -0.1) is 0 Å². The molecule has 3 aromatic rings. The number of amides is 1. The summed E-state index contributed by atoms with van der Waals surface area (Å²) in [6.45, 7) is 1.96. The van der Waals surface area contributed by atoms with Gasteiger partial charge in [0.2, 0.25) is 5.78 Å². The van der Waals surface area contributed by atoms with Crippen molar-refractivity contribution < 1.29 is 33.6 Å². The van der Waals surface area contributed by atoms with E-state index in [2.05, 4.69) is 4.98 Å². The number of rotatable bonds is 8. The number of H-pyrrole nitrogens is 1. The minimum Gasteiger partial charge on any atom is -0.497 e. The number of hydrogen-bond acceptors (Lipinski definition) is 6. The Hall–Kier alpha value is -4.20. The van der Waals surface area contributed by atoms with Crippen LogP contribution in [0, 0.1) is 12.8 Å². The van der Waals surface area contributed by atoms with Gasteiger partial charge in [-0.1, -0.05) is 0 Å². The highest BCUT2D eigenvalue weighted by Crippen LogP contribution is 2.43. The van der Waals surface area contributed by atoms with Gasteiger partial charge in [0.25, 0.3) is 5.91 Å². The van der Waals surface area contributed by atoms with Crippen molar-refractivity contribution in [3.63, 3.8) is 0 Å². The normalized spacial score (nSPS) is 17.4. The Balaban J connectivity index is 1.83. The summed E-state index contributed by atoms with van der Waals surface area (Å²) in [5.74, 6) is -1.51. The second-order valence-corrected chi connectivity index (χ2v) is 8.29. The summed E-state index contributed by atoms with van der Waals surface area (Å²) in [5, 5.41) is 0. The summed E-state index contributed by atoms with van der Waals surface area (Å²) in [7, 11) is 4.58. The maximum atomic E-state index is 13.7. The highest BCUT2D eigenvalue weighted by Gasteiger charge is 2.52. The van der Waals surface area contributed by atoms with Crippen molar-refractivity contribution in [2.45, 2.75) is 19.5 Å². The molecule has 8 nitrogen and oxygen atoms in total. The first-order chi connectivity index (χ1) is 16.9. The zero-order chi connectivity index (χ0) is 25.1. The lowest BCUT2D eigenvalue weighted by molar-refractivity contribution is -0.378. The van der Waals surface area contributed by atoms with Gasteiger partial charge < -0.3 is 19.1 Å². The second-order valence-electron chi connectivity index (χ2n) is 8.29. The molecule has 1 aliphatic rings. The molecule has 1 fully saturated rings. The average molecular weight is 476 g/mol. The fourth-order valence-electron chi connectivity index (χ4n) is 4.50. The third-order valence-corrected chi connectivity index (χ3v) is 6.25. The quantitative estimate of drug-likeness (QED) is 0.282. The summed E-state index contributed by atoms with van der Waals surface area (Å²) in [4.78, 5) is 44.8. The van der Waals surface area contributed by atoms with E-state index in [0.29, 0.717) is 28.4 Å². The van der Waals surface area contributed by atoms with Gasteiger partial charge in [-0.3, -0.25) is 14.4 Å². The molecule has 1 saturated heterocycles. The summed E-state index contributed by atoms with van der Waals surface area (Å²) in [6.07, 6.45) is 3.50. The first-order valence-corrected chi connectivity index (χ1v) is 11.1. The summed E-state index contributed by atoms with van der Waals surface area (Å²) in [6, 6.07) is 12.9. The standard InChI is InChI=1S/C27H26N2O6/c1-16-12-18(7-10-21(16)34-3)25(30)23-24(20-9-8-19(33-2)13-22(20)35-4)29(27(32)26(23)31)15-17-6-5-11-28-14-17/h5-14,23-24H,15H2,1-4H3/p+1. The number of carbonyl (C=O) groups is 3. The van der Waals surface area contributed by atoms with Gasteiger partial charge >= 0.3 is 0 Å². The van der Waals surface area contributed by atoms with Crippen LogP contribution in [0.25, 0.3) is 0 Å². The second kappa shape index (κ2) is 9.97. The molecule has 1 amide bonds. The number of ketones is 2. The number of ether oxygens (including phenoxy) is 3. The van der Waals surface area contributed by atoms with Crippen molar-refractivity contribution in [1.82, 2.24) is 4.90 Å². The first kappa shape index (κ1) is 23.9. The average Bonchev–Trinajstić information content (AvgIpc) is 3.13. The third kappa shape index (κ3) is 4.47. The first-order valence-electron chi connectivity index (χ1n) is 11.1. The van der Waals surface area contributed by atoms with Gasteiger partial charge in [0.15, 0.2) is 18.2 Å². The van der Waals surface area contributed by atoms with E-state index < -0.39 is 29.4 Å². The Kier molecular flexibility index (Phi) is 6.82. The van der Waals surface area contributed by atoms with Crippen molar-refractivity contribution in [3.05, 3.63) is 83.2 Å². The number of hydrogen-bond donors (Lipinski definition) is 0. The van der Waals surface area contributed by atoms with Crippen molar-refractivity contribution in [3.8, 4) is 17.2 Å². The van der Waals surface area contributed by atoms with E-state index in [9.17, 15) is 14.4 Å². The van der Waals surface area contributed by atoms with Crippen LogP contribution in [0.5, 0.6) is 17.2 Å². The molecule has 180 valence electrons. The Morgan fingerprint density at radius 3 is 2.37 bits per heavy atom. The predicted octanol–water partition coefficient (Wildman–Crippen LogP) is 2.99. The largest absolute Gasteiger partial charge is 0.497 e. The molecule has 2 heterocycles. The lowest BCUT2D eigenvalue weighted by atomic mass is 9.85. The number of Topliss-reactive ketones (excluding diaryl/α,β-unsaturated/α-hetero) is 2. The predicted molar refractivity (Wildman–Crippen MR) is 126 cm³/mol. The molecule has 0 bridgehead atoms. The Labute approximate surface area is 203 Å². The van der Waals surface area contributed by atoms with Crippen LogP contribution in [0.3, 0.4) is 0 Å². The maximum Gasteiger partial charge on any atom is 0.291 e. The van der Waals surface area contributed by atoms with Crippen LogP contribution in [-0.4, -0.2) is 43.7 Å². The number of likely N-dealkylation sites (tertiary alicyclic amines) is 1. The summed E-state index contributed by atoms with van der Waals surface area (Å²) < 4.78 is 16.2. The fraction of sp³-hybridized carbons (Fsp3) is 0.259. The zero-order valence-electron chi connectivity index (χ0n) is 20.0. The molecular formula is C27H27N2O6+. The monoisotopic (exact) mass is 475 g/mol. The number of aryl methyl sites for hydroxylation is 1. The molecule has 0 radical (unpaired) electrons. The topological polar surface area (TPSA) is 96.3 Å². The highest BCUT2D eigenvalue weighted by atomic mass is 16.5. The molecule has 2 unspecified atom stereocenters. The van der Waals surface area contributed by atoms with E-state index >= 15 is 0 Å². The molecule has 35 heavy (non-hydrogen) atoms. The minimum atomic E-state index is -1.23. The number of benzene rings is 2. The van der Waals surface area contributed by atoms with Crippen molar-refractivity contribution >= 4 is 17.5 Å². The molecule has 1 aliphatic heterocycles. The van der Waals surface area contributed by atoms with E-state index in [1.165, 1.54) is 19.1 Å². The number of aromatic nitrogens is 1. The van der Waals surface area contributed by atoms with Crippen LogP contribution in [0.4, 0.5) is 0 Å². The van der Waals surface area contributed by atoms with E-state index in [0.717, 1.165) is 11.1 Å². The number of pyridine rings is 1. The van der Waals surface area contributed by atoms with Gasteiger partial charge in [-0.2, -0.15) is 0 Å². The van der Waals surface area contributed by atoms with Gasteiger partial charge in [0.05, 0.1) is 33.9 Å². The Bertz CT molecular complexity index is 1270. The number of aromatic amines is 1. The van der Waals surface area contributed by atoms with Gasteiger partial charge in [-0.05, 0) is 48.9 Å². The lowest BCUT2D eigenvalue weighted by Crippen LogP contribution is -2.31. The molecule has 2 aromatic carbocycles. The molecule has 0 spiro atoms. The molecule has 8 heteroatoms. The highest BCUT2D eigenvalue weighted by molar-refractivity contribution is 6.44. The van der Waals surface area contributed by atoms with Gasteiger partial charge in [0.1, 0.15) is 23.2 Å². The van der Waals surface area contributed by atoms with Crippen LogP contribution in [0.1, 0.15) is 33.1 Å². The van der Waals surface area contributed by atoms with Crippen LogP contribution in [-0.2, 0) is 16.1 Å². The van der Waals surface area contributed by atoms with Crippen LogP contribution >= 0.6 is 0 Å². The van der Waals surface area contributed by atoms with E-state index in [1.807, 2.05) is 19.1 Å². The lowest BCUT2D eigenvalue weighted by Gasteiger charge is -2.28. The summed E-state index contributed by atoms with van der Waals surface area (Å²) >= 11 is 0. The number of methoxy groups -OCH3 is 3. The third-order valence-electron chi connectivity index (χ3n) is 6.25. The van der Waals surface area contributed by atoms with Crippen LogP contribution in [0.15, 0.2) is 60.9 Å². The zero-order valence-corrected chi connectivity index (χ0v) is 20.0. The number of nitrogens with zero attached hydrogens (tertiary/aromatic N) is 1. The SMILES string of the molecule is COc1ccc(C2C(C(=O)c3ccc(OC)c(C)c3)C(=O)C(=O)N2Cc2ccc[nH+]c2)c(OC)c1. The maximum absolute atomic E-state index is 13.7. The fourth-order valence-corrected chi connectivity index (χ4v) is 4.50. The molecule has 1 N–H and O–H groups in total. The molecular weight excluding hydrogens is 448 g/mol. The molecule has 4 rings (SSSR count). The minimum absolute atomic E-state index is 0.146. The van der Waals surface area contributed by atoms with Crippen LogP contribution < -0.4 is 19.2 Å². The summed E-state index contributed by atoms with van der Waals surface area (Å²) in [5.41, 5.74) is 2.43. The van der Waals surface area contributed by atoms with Gasteiger partial charge in [-0.25, -0.2) is 4.98 Å². The van der Waals surface area contributed by atoms with E-state index in [4.69, 9.17) is 14.2 Å². The van der Waals surface area contributed by atoms with E-state index in [1.54, 1.807) is 55.9 Å². The number of nitrogens with one attached hydrogen (secondary N) is 1. The van der Waals surface area contributed by atoms with Crippen LogP contribution in [0.2, 0.25) is 0 Å². The Morgan fingerprint density at radius 1 is 0.971 bits per heavy atom. The smallest absolute Gasteiger partial charge is 0.291 e. The molecule has 0 saturated carbocycles. The molecule has 0 aliphatic carbocycles. The molecule has 1 aromatic heterocycles. The number of carbonyl (C=O) groups excluding carboxylic acids is 3. The molecule has 2 atom stereocenters. The van der Waals surface area contributed by atoms with Crippen molar-refractivity contribution in [2.75, 3.05) is 21.3 Å². The van der Waals surface area contributed by atoms with Gasteiger partial charge in [0, 0.05) is 28.8 Å². The van der Waals surface area contributed by atoms with Crippen molar-refractivity contribution in [2.24, 2.45) is 5.92 Å². The van der Waals surface area contributed by atoms with Crippen molar-refractivity contribution in [1.29, 1.82) is 0 Å². The van der Waals surface area contributed by atoms with E-state index in [-0.39, 0.29) is 6.54 Å². The Morgan fingerprint density at radius 2 is 1.74 bits per heavy atom.